The average molecular weight is 473 g/mol. The van der Waals surface area contributed by atoms with E-state index >= 15 is 0 Å². The van der Waals surface area contributed by atoms with E-state index in [-0.39, 0.29) is 0 Å². The highest BCUT2D eigenvalue weighted by molar-refractivity contribution is 6.31. The Balaban J connectivity index is 1.41. The van der Waals surface area contributed by atoms with E-state index < -0.39 is 0 Å². The van der Waals surface area contributed by atoms with Crippen molar-refractivity contribution >= 4 is 33.4 Å². The van der Waals surface area contributed by atoms with Crippen LogP contribution in [0.15, 0.2) is 78.9 Å². The first-order chi connectivity index (χ1) is 16.6. The minimum absolute atomic E-state index is 0.358. The smallest absolute Gasteiger partial charge is 0.160 e. The van der Waals surface area contributed by atoms with Crippen LogP contribution in [0.1, 0.15) is 11.4 Å². The Morgan fingerprint density at radius 1 is 0.824 bits per heavy atom. The van der Waals surface area contributed by atoms with Crippen molar-refractivity contribution in [2.24, 2.45) is 0 Å². The Morgan fingerprint density at radius 2 is 1.65 bits per heavy atom. The number of ether oxygens (including phenoxy) is 3. The molecule has 0 bridgehead atoms. The van der Waals surface area contributed by atoms with Crippen LogP contribution in [0.25, 0.3) is 21.8 Å². The molecule has 0 aliphatic heterocycles. The molecule has 172 valence electrons. The lowest BCUT2D eigenvalue weighted by Gasteiger charge is -2.13. The first-order valence-corrected chi connectivity index (χ1v) is 11.5. The summed E-state index contributed by atoms with van der Waals surface area (Å²) in [5.74, 6) is 3.11. The minimum Gasteiger partial charge on any atom is -0.493 e. The van der Waals surface area contributed by atoms with E-state index in [2.05, 4.69) is 34.9 Å². The Kier molecular flexibility index (Phi) is 6.28. The van der Waals surface area contributed by atoms with E-state index in [9.17, 15) is 0 Å². The van der Waals surface area contributed by atoms with Crippen molar-refractivity contribution in [2.75, 3.05) is 14.2 Å². The van der Waals surface area contributed by atoms with Crippen LogP contribution < -0.4 is 14.2 Å². The molecule has 0 atom stereocenters. The summed E-state index contributed by atoms with van der Waals surface area (Å²) in [4.78, 5) is 4.83. The van der Waals surface area contributed by atoms with Gasteiger partial charge in [0.1, 0.15) is 18.2 Å². The van der Waals surface area contributed by atoms with Crippen molar-refractivity contribution in [3.63, 3.8) is 0 Å². The zero-order valence-electron chi connectivity index (χ0n) is 19.1. The lowest BCUT2D eigenvalue weighted by molar-refractivity contribution is 0.290. The normalized spacial score (nSPS) is 11.1. The number of nitrogens with zero attached hydrogens (tertiary/aromatic N) is 2. The first-order valence-electron chi connectivity index (χ1n) is 11.1. The summed E-state index contributed by atoms with van der Waals surface area (Å²) in [5, 5.41) is 3.00. The predicted molar refractivity (Wildman–Crippen MR) is 136 cm³/mol. The van der Waals surface area contributed by atoms with Crippen molar-refractivity contribution in [1.82, 2.24) is 9.55 Å². The third kappa shape index (κ3) is 4.52. The zero-order chi connectivity index (χ0) is 23.5. The van der Waals surface area contributed by atoms with Crippen molar-refractivity contribution < 1.29 is 14.2 Å². The summed E-state index contributed by atoms with van der Waals surface area (Å²) in [6.07, 6.45) is 0.803. The molecule has 1 aromatic heterocycles. The summed E-state index contributed by atoms with van der Waals surface area (Å²) in [6, 6.07) is 26.2. The van der Waals surface area contributed by atoms with Crippen LogP contribution in [0.4, 0.5) is 0 Å². The van der Waals surface area contributed by atoms with Crippen molar-refractivity contribution in [1.29, 1.82) is 0 Å². The van der Waals surface area contributed by atoms with Crippen LogP contribution in [0, 0.1) is 0 Å². The molecule has 0 unspecified atom stereocenters. The largest absolute Gasteiger partial charge is 0.493 e. The zero-order valence-corrected chi connectivity index (χ0v) is 19.9. The van der Waals surface area contributed by atoms with Gasteiger partial charge in [0.2, 0.25) is 0 Å². The lowest BCUT2D eigenvalue weighted by atomic mass is 10.1. The second kappa shape index (κ2) is 9.65. The second-order valence-electron chi connectivity index (χ2n) is 8.05. The van der Waals surface area contributed by atoms with Gasteiger partial charge in [0.15, 0.2) is 11.5 Å². The molecule has 5 nitrogen and oxygen atoms in total. The number of methoxy groups -OCH3 is 2. The minimum atomic E-state index is 0.358. The highest BCUT2D eigenvalue weighted by Gasteiger charge is 2.13. The molecule has 0 N–H and O–H groups in total. The number of hydrogen-bond acceptors (Lipinski definition) is 4. The summed E-state index contributed by atoms with van der Waals surface area (Å²) in [6.45, 7) is 1.10. The third-order valence-electron chi connectivity index (χ3n) is 5.95. The van der Waals surface area contributed by atoms with Gasteiger partial charge in [-0.25, -0.2) is 4.98 Å². The maximum atomic E-state index is 6.24. The maximum Gasteiger partial charge on any atom is 0.160 e. The predicted octanol–water partition coefficient (Wildman–Crippen LogP) is 6.68. The van der Waals surface area contributed by atoms with E-state index in [1.165, 1.54) is 5.39 Å². The molecule has 0 spiro atoms. The van der Waals surface area contributed by atoms with Crippen molar-refractivity contribution in [3.8, 4) is 17.2 Å². The highest BCUT2D eigenvalue weighted by Crippen LogP contribution is 2.29. The van der Waals surface area contributed by atoms with Gasteiger partial charge >= 0.3 is 0 Å². The number of benzene rings is 4. The fourth-order valence-electron chi connectivity index (χ4n) is 4.19. The molecule has 5 aromatic rings. The lowest BCUT2D eigenvalue weighted by Crippen LogP contribution is -2.09. The summed E-state index contributed by atoms with van der Waals surface area (Å²) in [7, 11) is 3.29. The van der Waals surface area contributed by atoms with Gasteiger partial charge in [-0.2, -0.15) is 0 Å². The van der Waals surface area contributed by atoms with Crippen LogP contribution >= 0.6 is 11.6 Å². The van der Waals surface area contributed by atoms with Crippen LogP contribution in [-0.2, 0) is 19.6 Å². The Hall–Kier alpha value is -3.70. The molecule has 0 aliphatic rings. The highest BCUT2D eigenvalue weighted by atomic mass is 35.5. The van der Waals surface area contributed by atoms with Gasteiger partial charge in [0.25, 0.3) is 0 Å². The van der Waals surface area contributed by atoms with Gasteiger partial charge in [-0.1, -0.05) is 48.0 Å². The van der Waals surface area contributed by atoms with Gasteiger partial charge in [0.05, 0.1) is 25.3 Å². The molecule has 0 amide bonds. The molecule has 5 rings (SSSR count). The number of fused-ring (bicyclic) bond motifs is 2. The number of halogens is 1. The van der Waals surface area contributed by atoms with Crippen LogP contribution in [0.2, 0.25) is 5.02 Å². The molecule has 1 heterocycles. The average Bonchev–Trinajstić information content (AvgIpc) is 3.22. The fourth-order valence-corrected chi connectivity index (χ4v) is 4.36. The SMILES string of the molecule is COc1ccc(CCn2c(COc3ccc4ccccc4c3)nc3cc(Cl)ccc32)cc1OC. The van der Waals surface area contributed by atoms with Gasteiger partial charge in [0, 0.05) is 11.6 Å². The van der Waals surface area contributed by atoms with Crippen molar-refractivity contribution in [2.45, 2.75) is 19.6 Å². The number of aryl methyl sites for hydroxylation is 2. The first kappa shape index (κ1) is 22.1. The summed E-state index contributed by atoms with van der Waals surface area (Å²) in [5.41, 5.74) is 3.04. The van der Waals surface area contributed by atoms with E-state index in [1.807, 2.05) is 48.5 Å². The quantitative estimate of drug-likeness (QED) is 0.252. The monoisotopic (exact) mass is 472 g/mol. The Bertz CT molecular complexity index is 1460. The van der Waals surface area contributed by atoms with Crippen LogP contribution in [-0.4, -0.2) is 23.8 Å². The maximum absolute atomic E-state index is 6.24. The van der Waals surface area contributed by atoms with E-state index in [0.29, 0.717) is 11.6 Å². The van der Waals surface area contributed by atoms with Gasteiger partial charge in [-0.05, 0) is 65.2 Å². The molecule has 0 saturated carbocycles. The van der Waals surface area contributed by atoms with Gasteiger partial charge in [-0.15, -0.1) is 0 Å². The van der Waals surface area contributed by atoms with E-state index in [0.717, 1.165) is 58.0 Å². The molecule has 6 heteroatoms. The van der Waals surface area contributed by atoms with Gasteiger partial charge < -0.3 is 18.8 Å². The van der Waals surface area contributed by atoms with E-state index in [1.54, 1.807) is 14.2 Å². The molecule has 34 heavy (non-hydrogen) atoms. The van der Waals surface area contributed by atoms with Crippen molar-refractivity contribution in [3.05, 3.63) is 95.3 Å². The molecule has 4 aromatic carbocycles. The number of rotatable bonds is 8. The molecule has 0 radical (unpaired) electrons. The molecule has 0 fully saturated rings. The Labute approximate surface area is 203 Å². The van der Waals surface area contributed by atoms with E-state index in [4.69, 9.17) is 30.8 Å². The number of imidazole rings is 1. The molecule has 0 saturated heterocycles. The summed E-state index contributed by atoms with van der Waals surface area (Å²) >= 11 is 6.24. The molecule has 0 aliphatic carbocycles. The number of hydrogen-bond donors (Lipinski definition) is 0. The van der Waals surface area contributed by atoms with Crippen LogP contribution in [0.5, 0.6) is 17.2 Å². The third-order valence-corrected chi connectivity index (χ3v) is 6.19. The second-order valence-corrected chi connectivity index (χ2v) is 8.49. The number of aromatic nitrogens is 2. The van der Waals surface area contributed by atoms with Gasteiger partial charge in [-0.3, -0.25) is 0 Å². The molecular formula is C28H25ClN2O3. The fraction of sp³-hybridized carbons (Fsp3) is 0.179. The summed E-state index contributed by atoms with van der Waals surface area (Å²) < 4.78 is 19.2. The Morgan fingerprint density at radius 3 is 2.47 bits per heavy atom. The molecular weight excluding hydrogens is 448 g/mol. The topological polar surface area (TPSA) is 45.5 Å². The van der Waals surface area contributed by atoms with Crippen LogP contribution in [0.3, 0.4) is 0 Å². The standard InChI is InChI=1S/C28H25ClN2O3/c1-32-26-12-7-19(15-27(26)33-2)13-14-31-25-11-9-22(29)17-24(25)30-28(31)18-34-23-10-8-20-5-3-4-6-21(20)16-23/h3-12,15-17H,13-14,18H2,1-2H3.